The van der Waals surface area contributed by atoms with Crippen LogP contribution in [0.4, 0.5) is 0 Å². The van der Waals surface area contributed by atoms with Gasteiger partial charge < -0.3 is 20.7 Å². The summed E-state index contributed by atoms with van der Waals surface area (Å²) in [4.78, 5) is 0. The summed E-state index contributed by atoms with van der Waals surface area (Å²) in [6.45, 7) is 0.489. The van der Waals surface area contributed by atoms with E-state index in [0.29, 0.717) is 6.42 Å². The van der Waals surface area contributed by atoms with Crippen molar-refractivity contribution in [1.82, 2.24) is 0 Å². The van der Waals surface area contributed by atoms with E-state index in [1.54, 1.807) is 0 Å². The molecule has 4 heteroatoms. The number of hydrogen-bond donors (Lipinski definition) is 3. The zero-order chi connectivity index (χ0) is 16.1. The van der Waals surface area contributed by atoms with Crippen molar-refractivity contribution in [2.45, 2.75) is 56.9 Å². The number of para-hydroxylation sites is 1. The van der Waals surface area contributed by atoms with Gasteiger partial charge in [0.2, 0.25) is 0 Å². The Morgan fingerprint density at radius 3 is 1.95 bits per heavy atom. The quantitative estimate of drug-likeness (QED) is 0.490. The van der Waals surface area contributed by atoms with Crippen LogP contribution in [0.25, 0.3) is 0 Å². The molecule has 0 atom stereocenters. The van der Waals surface area contributed by atoms with Gasteiger partial charge in [-0.2, -0.15) is 0 Å². The van der Waals surface area contributed by atoms with Crippen LogP contribution < -0.4 is 10.5 Å². The molecule has 0 radical (unpaired) electrons. The van der Waals surface area contributed by atoms with Crippen LogP contribution in [0.5, 0.6) is 5.75 Å². The highest BCUT2D eigenvalue weighted by Crippen LogP contribution is 2.14. The molecular weight excluding hydrogens is 278 g/mol. The molecule has 22 heavy (non-hydrogen) atoms. The Morgan fingerprint density at radius 1 is 0.818 bits per heavy atom. The lowest BCUT2D eigenvalue weighted by Gasteiger charge is -2.24. The average molecular weight is 309 g/mol. The molecule has 1 aromatic rings. The highest BCUT2D eigenvalue weighted by Gasteiger charge is 2.21. The summed E-state index contributed by atoms with van der Waals surface area (Å²) < 4.78 is 5.65. The lowest BCUT2D eigenvalue weighted by Crippen LogP contribution is -2.47. The summed E-state index contributed by atoms with van der Waals surface area (Å²) in [5, 5.41) is 18.2. The van der Waals surface area contributed by atoms with E-state index in [2.05, 4.69) is 0 Å². The van der Waals surface area contributed by atoms with Gasteiger partial charge in [0.15, 0.2) is 0 Å². The summed E-state index contributed by atoms with van der Waals surface area (Å²) in [5.41, 5.74) is 5.03. The van der Waals surface area contributed by atoms with Gasteiger partial charge in [0, 0.05) is 0 Å². The summed E-state index contributed by atoms with van der Waals surface area (Å²) >= 11 is 0. The molecule has 0 aliphatic heterocycles. The van der Waals surface area contributed by atoms with Crippen molar-refractivity contribution in [3.63, 3.8) is 0 Å². The maximum absolute atomic E-state index is 9.09. The van der Waals surface area contributed by atoms with E-state index in [0.717, 1.165) is 31.6 Å². The third-order valence-corrected chi connectivity index (χ3v) is 3.96. The number of hydrogen-bond acceptors (Lipinski definition) is 4. The van der Waals surface area contributed by atoms with Gasteiger partial charge in [0.1, 0.15) is 5.75 Å². The van der Waals surface area contributed by atoms with Crippen LogP contribution in [-0.2, 0) is 0 Å². The van der Waals surface area contributed by atoms with E-state index >= 15 is 0 Å². The van der Waals surface area contributed by atoms with Crippen molar-refractivity contribution in [2.24, 2.45) is 5.73 Å². The van der Waals surface area contributed by atoms with Crippen LogP contribution in [0.2, 0.25) is 0 Å². The molecule has 4 nitrogen and oxygen atoms in total. The lowest BCUT2D eigenvalue weighted by molar-refractivity contribution is 0.112. The first-order valence-electron chi connectivity index (χ1n) is 8.39. The molecule has 0 fully saturated rings. The number of ether oxygens (including phenoxy) is 1. The van der Waals surface area contributed by atoms with Crippen LogP contribution in [0.3, 0.4) is 0 Å². The second kappa shape index (κ2) is 11.5. The third kappa shape index (κ3) is 8.37. The van der Waals surface area contributed by atoms with Gasteiger partial charge in [-0.25, -0.2) is 0 Å². The fourth-order valence-corrected chi connectivity index (χ4v) is 2.38. The molecule has 0 amide bonds. The molecule has 1 aromatic carbocycles. The fourth-order valence-electron chi connectivity index (χ4n) is 2.38. The van der Waals surface area contributed by atoms with Crippen LogP contribution in [0.1, 0.15) is 51.4 Å². The molecule has 0 saturated heterocycles. The van der Waals surface area contributed by atoms with Gasteiger partial charge in [0.25, 0.3) is 0 Å². The predicted molar refractivity (Wildman–Crippen MR) is 90.0 cm³/mol. The molecule has 0 aromatic heterocycles. The SMILES string of the molecule is NC(CO)(CO)CCCCCCCCCOc1ccccc1. The first kappa shape index (κ1) is 18.9. The zero-order valence-corrected chi connectivity index (χ0v) is 13.5. The highest BCUT2D eigenvalue weighted by atomic mass is 16.5. The first-order chi connectivity index (χ1) is 10.7. The van der Waals surface area contributed by atoms with Crippen LogP contribution in [-0.4, -0.2) is 35.6 Å². The van der Waals surface area contributed by atoms with E-state index in [4.69, 9.17) is 20.7 Å². The van der Waals surface area contributed by atoms with Crippen molar-refractivity contribution in [2.75, 3.05) is 19.8 Å². The minimum Gasteiger partial charge on any atom is -0.494 e. The van der Waals surface area contributed by atoms with Crippen molar-refractivity contribution < 1.29 is 14.9 Å². The molecule has 0 spiro atoms. The number of unbranched alkanes of at least 4 members (excludes halogenated alkanes) is 6. The molecule has 0 saturated carbocycles. The fraction of sp³-hybridized carbons (Fsp3) is 0.667. The van der Waals surface area contributed by atoms with E-state index < -0.39 is 5.54 Å². The highest BCUT2D eigenvalue weighted by molar-refractivity contribution is 5.20. The van der Waals surface area contributed by atoms with E-state index in [9.17, 15) is 0 Å². The summed E-state index contributed by atoms with van der Waals surface area (Å²) in [7, 11) is 0. The predicted octanol–water partition coefficient (Wildman–Crippen LogP) is 2.87. The molecule has 1 rings (SSSR count). The Kier molecular flexibility index (Phi) is 9.87. The smallest absolute Gasteiger partial charge is 0.119 e. The normalized spacial score (nSPS) is 11.6. The molecule has 0 unspecified atom stereocenters. The molecule has 0 aliphatic carbocycles. The van der Waals surface area contributed by atoms with Gasteiger partial charge in [-0.05, 0) is 25.0 Å². The Labute approximate surface area is 134 Å². The van der Waals surface area contributed by atoms with Gasteiger partial charge in [-0.1, -0.05) is 56.7 Å². The molecular formula is C18H31NO3. The van der Waals surface area contributed by atoms with Crippen LogP contribution >= 0.6 is 0 Å². The molecule has 0 bridgehead atoms. The Bertz CT molecular complexity index is 366. The van der Waals surface area contributed by atoms with Crippen molar-refractivity contribution in [3.8, 4) is 5.75 Å². The van der Waals surface area contributed by atoms with E-state index in [1.165, 1.54) is 25.7 Å². The van der Waals surface area contributed by atoms with Crippen molar-refractivity contribution >= 4 is 0 Å². The maximum atomic E-state index is 9.09. The Morgan fingerprint density at radius 2 is 1.36 bits per heavy atom. The second-order valence-corrected chi connectivity index (χ2v) is 6.06. The minimum absolute atomic E-state index is 0.148. The molecule has 0 heterocycles. The van der Waals surface area contributed by atoms with Crippen molar-refractivity contribution in [3.05, 3.63) is 30.3 Å². The standard InChI is InChI=1S/C18H31NO3/c19-18(15-20,16-21)13-9-4-2-1-3-5-10-14-22-17-11-7-6-8-12-17/h6-8,11-12,20-21H,1-5,9-10,13-16,19H2. The number of rotatable bonds is 13. The molecule has 4 N–H and O–H groups in total. The number of aliphatic hydroxyl groups is 2. The first-order valence-corrected chi connectivity index (χ1v) is 8.39. The van der Waals surface area contributed by atoms with Crippen molar-refractivity contribution in [1.29, 1.82) is 0 Å². The zero-order valence-electron chi connectivity index (χ0n) is 13.5. The topological polar surface area (TPSA) is 75.7 Å². The summed E-state index contributed by atoms with van der Waals surface area (Å²) in [6, 6.07) is 9.92. The Balaban J connectivity index is 1.88. The van der Waals surface area contributed by atoms with Gasteiger partial charge in [0.05, 0.1) is 25.4 Å². The molecule has 0 aliphatic rings. The molecule has 126 valence electrons. The maximum Gasteiger partial charge on any atom is 0.119 e. The largest absolute Gasteiger partial charge is 0.494 e. The van der Waals surface area contributed by atoms with E-state index in [1.807, 2.05) is 30.3 Å². The average Bonchev–Trinajstić information content (AvgIpc) is 2.57. The van der Waals surface area contributed by atoms with Gasteiger partial charge in [-0.3, -0.25) is 0 Å². The third-order valence-electron chi connectivity index (χ3n) is 3.96. The van der Waals surface area contributed by atoms with Crippen LogP contribution in [0.15, 0.2) is 30.3 Å². The number of nitrogens with two attached hydrogens (primary N) is 1. The van der Waals surface area contributed by atoms with Crippen LogP contribution in [0, 0.1) is 0 Å². The summed E-state index contributed by atoms with van der Waals surface area (Å²) in [5.74, 6) is 0.945. The number of aliphatic hydroxyl groups excluding tert-OH is 2. The lowest BCUT2D eigenvalue weighted by atomic mass is 9.95. The monoisotopic (exact) mass is 309 g/mol. The number of benzene rings is 1. The van der Waals surface area contributed by atoms with E-state index in [-0.39, 0.29) is 13.2 Å². The van der Waals surface area contributed by atoms with Gasteiger partial charge in [-0.15, -0.1) is 0 Å². The minimum atomic E-state index is -0.797. The Hall–Kier alpha value is -1.10. The second-order valence-electron chi connectivity index (χ2n) is 6.06. The van der Waals surface area contributed by atoms with Gasteiger partial charge >= 0.3 is 0 Å². The summed E-state index contributed by atoms with van der Waals surface area (Å²) in [6.07, 6.45) is 8.69.